The highest BCUT2D eigenvalue weighted by atomic mass is 16.1. The van der Waals surface area contributed by atoms with Crippen molar-refractivity contribution in [3.8, 4) is 0 Å². The molecule has 2 rings (SSSR count). The van der Waals surface area contributed by atoms with Crippen LogP contribution in [0.25, 0.3) is 0 Å². The summed E-state index contributed by atoms with van der Waals surface area (Å²) in [7, 11) is 4.09. The molecule has 1 atom stereocenters. The maximum Gasteiger partial charge on any atom is 0.193 e. The molecule has 0 saturated carbocycles. The van der Waals surface area contributed by atoms with Gasteiger partial charge in [-0.1, -0.05) is 55.5 Å². The lowest BCUT2D eigenvalue weighted by molar-refractivity contribution is 0.103. The molecule has 0 aromatic heterocycles. The number of ketones is 1. The fourth-order valence-corrected chi connectivity index (χ4v) is 2.61. The summed E-state index contributed by atoms with van der Waals surface area (Å²) in [5.41, 5.74) is 8.53. The molecule has 4 heteroatoms. The van der Waals surface area contributed by atoms with E-state index in [2.05, 4.69) is 9.89 Å². The second kappa shape index (κ2) is 9.14. The van der Waals surface area contributed by atoms with Gasteiger partial charge in [-0.25, -0.2) is 0 Å². The summed E-state index contributed by atoms with van der Waals surface area (Å²) in [5, 5.41) is 0. The van der Waals surface area contributed by atoms with Gasteiger partial charge in [0, 0.05) is 23.6 Å². The van der Waals surface area contributed by atoms with Crippen molar-refractivity contribution in [2.45, 2.75) is 19.3 Å². The highest BCUT2D eigenvalue weighted by molar-refractivity contribution is 6.09. The van der Waals surface area contributed by atoms with E-state index >= 15 is 0 Å². The number of amidine groups is 1. The van der Waals surface area contributed by atoms with E-state index in [0.717, 1.165) is 25.1 Å². The van der Waals surface area contributed by atoms with E-state index in [1.165, 1.54) is 0 Å². The van der Waals surface area contributed by atoms with E-state index < -0.39 is 0 Å². The smallest absolute Gasteiger partial charge is 0.193 e. The average Bonchev–Trinajstić information content (AvgIpc) is 2.64. The standard InChI is InChI=1S/C21H27N3O/c1-16(21(22)23-13-8-14-24(2)3)18-11-7-12-19(15-18)20(25)17-9-5-4-6-10-17/h4-7,9-12,15-16H,8,13-14H2,1-3H3,(H2,22,23)/t16-/m1/s1. The largest absolute Gasteiger partial charge is 0.387 e. The molecule has 0 heterocycles. The van der Waals surface area contributed by atoms with Crippen LogP contribution in [0.4, 0.5) is 0 Å². The zero-order chi connectivity index (χ0) is 18.2. The lowest BCUT2D eigenvalue weighted by Crippen LogP contribution is -2.21. The summed E-state index contributed by atoms with van der Waals surface area (Å²) in [6.45, 7) is 3.74. The topological polar surface area (TPSA) is 58.7 Å². The van der Waals surface area contributed by atoms with Gasteiger partial charge in [-0.2, -0.15) is 0 Å². The predicted octanol–water partition coefficient (Wildman–Crippen LogP) is 3.33. The van der Waals surface area contributed by atoms with Gasteiger partial charge >= 0.3 is 0 Å². The highest BCUT2D eigenvalue weighted by Crippen LogP contribution is 2.19. The molecule has 2 aromatic rings. The Morgan fingerprint density at radius 2 is 1.76 bits per heavy atom. The summed E-state index contributed by atoms with van der Waals surface area (Å²) in [6.07, 6.45) is 0.979. The number of hydrogen-bond donors (Lipinski definition) is 1. The minimum Gasteiger partial charge on any atom is -0.387 e. The Hall–Kier alpha value is -2.46. The summed E-state index contributed by atoms with van der Waals surface area (Å²) in [5.74, 6) is 0.627. The first-order valence-corrected chi connectivity index (χ1v) is 8.63. The van der Waals surface area contributed by atoms with Crippen LogP contribution in [0.15, 0.2) is 59.6 Å². The molecule has 4 nitrogen and oxygen atoms in total. The van der Waals surface area contributed by atoms with Gasteiger partial charge in [0.2, 0.25) is 0 Å². The van der Waals surface area contributed by atoms with Crippen LogP contribution in [0.1, 0.15) is 40.7 Å². The van der Waals surface area contributed by atoms with Crippen molar-refractivity contribution in [2.24, 2.45) is 10.7 Å². The van der Waals surface area contributed by atoms with Crippen LogP contribution >= 0.6 is 0 Å². The maximum atomic E-state index is 12.6. The van der Waals surface area contributed by atoms with Crippen molar-refractivity contribution in [3.05, 3.63) is 71.3 Å². The second-order valence-electron chi connectivity index (χ2n) is 6.51. The van der Waals surface area contributed by atoms with Crippen LogP contribution in [0, 0.1) is 0 Å². The molecule has 0 aliphatic carbocycles. The Kier molecular flexibility index (Phi) is 6.90. The van der Waals surface area contributed by atoms with Crippen molar-refractivity contribution >= 4 is 11.6 Å². The Morgan fingerprint density at radius 1 is 1.08 bits per heavy atom. The fraction of sp³-hybridized carbons (Fsp3) is 0.333. The van der Waals surface area contributed by atoms with E-state index in [4.69, 9.17) is 5.73 Å². The van der Waals surface area contributed by atoms with Crippen LogP contribution < -0.4 is 5.73 Å². The fourth-order valence-electron chi connectivity index (χ4n) is 2.61. The first-order valence-electron chi connectivity index (χ1n) is 8.63. The summed E-state index contributed by atoms with van der Waals surface area (Å²) >= 11 is 0. The van der Waals surface area contributed by atoms with Crippen LogP contribution in [-0.2, 0) is 0 Å². The molecule has 0 amide bonds. The minimum absolute atomic E-state index is 0.0112. The number of nitrogens with zero attached hydrogens (tertiary/aromatic N) is 2. The van der Waals surface area contributed by atoms with E-state index in [0.29, 0.717) is 17.0 Å². The molecule has 0 aliphatic rings. The minimum atomic E-state index is -0.0112. The van der Waals surface area contributed by atoms with Gasteiger partial charge in [0.15, 0.2) is 5.78 Å². The first kappa shape index (κ1) is 18.9. The van der Waals surface area contributed by atoms with E-state index in [-0.39, 0.29) is 11.7 Å². The van der Waals surface area contributed by atoms with Crippen LogP contribution in [0.3, 0.4) is 0 Å². The molecule has 0 saturated heterocycles. The van der Waals surface area contributed by atoms with Gasteiger partial charge in [-0.3, -0.25) is 9.79 Å². The normalized spacial score (nSPS) is 13.0. The van der Waals surface area contributed by atoms with Gasteiger partial charge in [0.25, 0.3) is 0 Å². The number of carbonyl (C=O) groups excluding carboxylic acids is 1. The number of aliphatic imine (C=N–C) groups is 1. The Balaban J connectivity index is 2.09. The highest BCUT2D eigenvalue weighted by Gasteiger charge is 2.14. The van der Waals surface area contributed by atoms with Gasteiger partial charge in [0.05, 0.1) is 0 Å². The van der Waals surface area contributed by atoms with Crippen LogP contribution in [0.2, 0.25) is 0 Å². The molecule has 0 radical (unpaired) electrons. The molecule has 2 aromatic carbocycles. The SMILES string of the molecule is C[C@@H](C(N)=NCCCN(C)C)c1cccc(C(=O)c2ccccc2)c1. The zero-order valence-corrected chi connectivity index (χ0v) is 15.3. The number of nitrogens with two attached hydrogens (primary N) is 1. The van der Waals surface area contributed by atoms with E-state index in [9.17, 15) is 4.79 Å². The second-order valence-corrected chi connectivity index (χ2v) is 6.51. The molecule has 0 aliphatic heterocycles. The molecule has 0 spiro atoms. The molecule has 132 valence electrons. The molecular formula is C21H27N3O. The summed E-state index contributed by atoms with van der Waals surface area (Å²) < 4.78 is 0. The quantitative estimate of drug-likeness (QED) is 0.348. The third-order valence-electron chi connectivity index (χ3n) is 4.19. The van der Waals surface area contributed by atoms with E-state index in [1.807, 2.05) is 75.6 Å². The van der Waals surface area contributed by atoms with Gasteiger partial charge in [-0.15, -0.1) is 0 Å². The van der Waals surface area contributed by atoms with Crippen molar-refractivity contribution in [3.63, 3.8) is 0 Å². The summed E-state index contributed by atoms with van der Waals surface area (Å²) in [4.78, 5) is 19.2. The molecular weight excluding hydrogens is 310 g/mol. The van der Waals surface area contributed by atoms with Gasteiger partial charge < -0.3 is 10.6 Å². The number of hydrogen-bond acceptors (Lipinski definition) is 3. The lowest BCUT2D eigenvalue weighted by Gasteiger charge is -2.13. The van der Waals surface area contributed by atoms with Crippen molar-refractivity contribution in [2.75, 3.05) is 27.2 Å². The number of rotatable bonds is 8. The average molecular weight is 337 g/mol. The third kappa shape index (κ3) is 5.54. The van der Waals surface area contributed by atoms with Crippen LogP contribution in [0.5, 0.6) is 0 Å². The number of benzene rings is 2. The molecule has 2 N–H and O–H groups in total. The van der Waals surface area contributed by atoms with Crippen LogP contribution in [-0.4, -0.2) is 43.7 Å². The Morgan fingerprint density at radius 3 is 2.44 bits per heavy atom. The van der Waals surface area contributed by atoms with Gasteiger partial charge in [0.1, 0.15) is 5.84 Å². The molecule has 0 unspecified atom stereocenters. The summed E-state index contributed by atoms with van der Waals surface area (Å²) in [6, 6.07) is 17.0. The third-order valence-corrected chi connectivity index (χ3v) is 4.19. The predicted molar refractivity (Wildman–Crippen MR) is 104 cm³/mol. The monoisotopic (exact) mass is 337 g/mol. The van der Waals surface area contributed by atoms with E-state index in [1.54, 1.807) is 0 Å². The van der Waals surface area contributed by atoms with Gasteiger partial charge in [-0.05, 0) is 38.7 Å². The van der Waals surface area contributed by atoms with Crippen molar-refractivity contribution in [1.29, 1.82) is 0 Å². The number of carbonyl (C=O) groups is 1. The molecule has 0 fully saturated rings. The maximum absolute atomic E-state index is 12.6. The van der Waals surface area contributed by atoms with Crippen molar-refractivity contribution < 1.29 is 4.79 Å². The molecule has 25 heavy (non-hydrogen) atoms. The Labute approximate surface area is 150 Å². The Bertz CT molecular complexity index is 723. The first-order chi connectivity index (χ1) is 12.0. The lowest BCUT2D eigenvalue weighted by atomic mass is 9.95. The molecule has 0 bridgehead atoms. The zero-order valence-electron chi connectivity index (χ0n) is 15.3. The van der Waals surface area contributed by atoms with Crippen molar-refractivity contribution in [1.82, 2.24) is 4.90 Å².